The van der Waals surface area contributed by atoms with Crippen molar-refractivity contribution >= 4 is 55.5 Å². The topological polar surface area (TPSA) is 94.3 Å². The van der Waals surface area contributed by atoms with Gasteiger partial charge < -0.3 is 15.8 Å². The van der Waals surface area contributed by atoms with E-state index < -0.39 is 5.97 Å². The molecule has 0 saturated carbocycles. The third kappa shape index (κ3) is 4.01. The highest BCUT2D eigenvalue weighted by atomic mass is 32.1. The molecule has 0 aromatic carbocycles. The van der Waals surface area contributed by atoms with Crippen LogP contribution in [0, 0.1) is 11.3 Å². The number of methoxy groups -OCH3 is 1. The number of hydrogen-bond acceptors (Lipinski definition) is 7. The number of nitrogens with two attached hydrogens (primary N) is 1. The number of aryl methyl sites for hydroxylation is 2. The molecule has 0 radical (unpaired) electrons. The van der Waals surface area contributed by atoms with Crippen LogP contribution in [0.3, 0.4) is 0 Å². The molecular formula is C26H31N3O3S2. The Hall–Kier alpha value is -2.45. The Bertz CT molecular complexity index is 1300. The van der Waals surface area contributed by atoms with Gasteiger partial charge in [0.1, 0.15) is 14.7 Å². The lowest BCUT2D eigenvalue weighted by Crippen LogP contribution is -2.27. The van der Waals surface area contributed by atoms with Crippen LogP contribution in [0.4, 0.5) is 10.7 Å². The first kappa shape index (κ1) is 23.3. The molecule has 1 atom stereocenters. The minimum absolute atomic E-state index is 0.245. The number of anilines is 2. The highest BCUT2D eigenvalue weighted by Gasteiger charge is 2.31. The maximum Gasteiger partial charge on any atom is 0.341 e. The first-order valence-electron chi connectivity index (χ1n) is 11.9. The van der Waals surface area contributed by atoms with Gasteiger partial charge in [0.15, 0.2) is 0 Å². The third-order valence-electron chi connectivity index (χ3n) is 7.30. The van der Waals surface area contributed by atoms with Crippen LogP contribution in [0.25, 0.3) is 10.2 Å². The average molecular weight is 498 g/mol. The molecule has 6 nitrogen and oxygen atoms in total. The number of thiophene rings is 2. The maximum absolute atomic E-state index is 13.3. The van der Waals surface area contributed by atoms with Crippen LogP contribution in [-0.2, 0) is 30.4 Å². The number of ether oxygens (including phenoxy) is 1. The molecule has 0 bridgehead atoms. The number of carbonyl (C=O) groups is 2. The minimum Gasteiger partial charge on any atom is -0.465 e. The van der Waals surface area contributed by atoms with E-state index in [1.165, 1.54) is 35.3 Å². The first-order chi connectivity index (χ1) is 16.2. The molecule has 0 spiro atoms. The summed E-state index contributed by atoms with van der Waals surface area (Å²) in [7, 11) is 1.38. The second-order valence-corrected chi connectivity index (χ2v) is 12.6. The van der Waals surface area contributed by atoms with E-state index in [-0.39, 0.29) is 11.3 Å². The smallest absolute Gasteiger partial charge is 0.341 e. The fraction of sp³-hybridized carbons (Fsp3) is 0.500. The molecule has 0 saturated heterocycles. The zero-order chi connectivity index (χ0) is 24.2. The van der Waals surface area contributed by atoms with Crippen LogP contribution in [0.1, 0.15) is 81.8 Å². The molecule has 3 aromatic rings. The van der Waals surface area contributed by atoms with Crippen molar-refractivity contribution in [3.05, 3.63) is 38.2 Å². The summed E-state index contributed by atoms with van der Waals surface area (Å²) in [6.07, 6.45) is 6.96. The van der Waals surface area contributed by atoms with E-state index in [0.29, 0.717) is 27.0 Å². The maximum atomic E-state index is 13.3. The van der Waals surface area contributed by atoms with Crippen molar-refractivity contribution in [2.24, 2.45) is 11.3 Å². The summed E-state index contributed by atoms with van der Waals surface area (Å²) in [6.45, 7) is 6.88. The molecule has 180 valence electrons. The SMILES string of the molecule is COC(=O)c1c(NC(=O)c2sc3nc4c(cc3c2N)CC(C(C)(C)C)CC4)sc2c1CCCC2. The molecule has 0 fully saturated rings. The first-order valence-corrected chi connectivity index (χ1v) is 13.6. The van der Waals surface area contributed by atoms with Gasteiger partial charge in [0.25, 0.3) is 5.91 Å². The van der Waals surface area contributed by atoms with Gasteiger partial charge in [-0.2, -0.15) is 0 Å². The highest BCUT2D eigenvalue weighted by Crippen LogP contribution is 2.42. The van der Waals surface area contributed by atoms with E-state index in [9.17, 15) is 9.59 Å². The van der Waals surface area contributed by atoms with Gasteiger partial charge in [0.2, 0.25) is 0 Å². The van der Waals surface area contributed by atoms with Crippen molar-refractivity contribution in [1.82, 2.24) is 4.98 Å². The number of carbonyl (C=O) groups excluding carboxylic acids is 2. The lowest BCUT2D eigenvalue weighted by atomic mass is 9.71. The van der Waals surface area contributed by atoms with Gasteiger partial charge in [-0.15, -0.1) is 22.7 Å². The van der Waals surface area contributed by atoms with Crippen molar-refractivity contribution in [2.75, 3.05) is 18.2 Å². The van der Waals surface area contributed by atoms with Crippen LogP contribution in [0.15, 0.2) is 6.07 Å². The molecule has 3 N–H and O–H groups in total. The molecule has 2 aliphatic carbocycles. The molecule has 1 unspecified atom stereocenters. The summed E-state index contributed by atoms with van der Waals surface area (Å²) in [5.41, 5.74) is 11.1. The van der Waals surface area contributed by atoms with Crippen LogP contribution in [0.5, 0.6) is 0 Å². The predicted octanol–water partition coefficient (Wildman–Crippen LogP) is 6.01. The normalized spacial score (nSPS) is 17.8. The van der Waals surface area contributed by atoms with Crippen molar-refractivity contribution < 1.29 is 14.3 Å². The monoisotopic (exact) mass is 497 g/mol. The molecular weight excluding hydrogens is 466 g/mol. The van der Waals surface area contributed by atoms with E-state index in [1.807, 2.05) is 0 Å². The zero-order valence-electron chi connectivity index (χ0n) is 20.2. The number of amides is 1. The molecule has 3 aromatic heterocycles. The summed E-state index contributed by atoms with van der Waals surface area (Å²) < 4.78 is 5.03. The number of nitrogen functional groups attached to an aromatic ring is 1. The Balaban J connectivity index is 1.48. The van der Waals surface area contributed by atoms with E-state index in [1.54, 1.807) is 0 Å². The van der Waals surface area contributed by atoms with Gasteiger partial charge in [0.05, 0.1) is 18.4 Å². The minimum atomic E-state index is -0.401. The average Bonchev–Trinajstić information content (AvgIpc) is 3.33. The predicted molar refractivity (Wildman–Crippen MR) is 139 cm³/mol. The number of nitrogens with zero attached hydrogens (tertiary/aromatic N) is 1. The van der Waals surface area contributed by atoms with Crippen LogP contribution < -0.4 is 11.1 Å². The highest BCUT2D eigenvalue weighted by molar-refractivity contribution is 7.21. The fourth-order valence-corrected chi connectivity index (χ4v) is 7.49. The summed E-state index contributed by atoms with van der Waals surface area (Å²) in [6, 6.07) is 2.14. The molecule has 8 heteroatoms. The zero-order valence-corrected chi connectivity index (χ0v) is 21.8. The van der Waals surface area contributed by atoms with E-state index >= 15 is 0 Å². The second kappa shape index (κ2) is 8.64. The van der Waals surface area contributed by atoms with Crippen molar-refractivity contribution in [1.29, 1.82) is 0 Å². The Morgan fingerprint density at radius 1 is 1.18 bits per heavy atom. The Kier molecular flexibility index (Phi) is 5.92. The van der Waals surface area contributed by atoms with E-state index in [0.717, 1.165) is 71.3 Å². The van der Waals surface area contributed by atoms with Crippen LogP contribution >= 0.6 is 22.7 Å². The second-order valence-electron chi connectivity index (χ2n) is 10.5. The Morgan fingerprint density at radius 3 is 2.68 bits per heavy atom. The Labute approximate surface area is 207 Å². The summed E-state index contributed by atoms with van der Waals surface area (Å²) in [4.78, 5) is 33.2. The van der Waals surface area contributed by atoms with Gasteiger partial charge in [-0.1, -0.05) is 20.8 Å². The number of nitrogens with one attached hydrogen (secondary N) is 1. The number of hydrogen-bond donors (Lipinski definition) is 2. The molecule has 1 amide bonds. The quantitative estimate of drug-likeness (QED) is 0.432. The van der Waals surface area contributed by atoms with E-state index in [2.05, 4.69) is 32.2 Å². The molecule has 2 aliphatic rings. The summed E-state index contributed by atoms with van der Waals surface area (Å²) >= 11 is 2.81. The number of fused-ring (bicyclic) bond motifs is 3. The van der Waals surface area contributed by atoms with Gasteiger partial charge in [-0.3, -0.25) is 4.79 Å². The standard InChI is InChI=1S/C26H31N3O3S2/c1-26(2,3)14-9-10-17-13(11-14)12-16-20(27)21(34-23(16)28-17)22(30)29-24-19(25(31)32-4)15-7-5-6-8-18(15)33-24/h12,14H,5-11,27H2,1-4H3,(H,29,30). The van der Waals surface area contributed by atoms with Crippen molar-refractivity contribution in [3.8, 4) is 0 Å². The van der Waals surface area contributed by atoms with Gasteiger partial charge in [-0.05, 0) is 73.5 Å². The molecule has 0 aliphatic heterocycles. The van der Waals surface area contributed by atoms with Crippen LogP contribution in [-0.4, -0.2) is 24.0 Å². The van der Waals surface area contributed by atoms with Crippen molar-refractivity contribution in [3.63, 3.8) is 0 Å². The van der Waals surface area contributed by atoms with Gasteiger partial charge >= 0.3 is 5.97 Å². The number of aromatic nitrogens is 1. The number of esters is 1. The van der Waals surface area contributed by atoms with Gasteiger partial charge in [0, 0.05) is 16.0 Å². The summed E-state index contributed by atoms with van der Waals surface area (Å²) in [5.74, 6) is -0.0972. The lowest BCUT2D eigenvalue weighted by Gasteiger charge is -2.34. The van der Waals surface area contributed by atoms with Gasteiger partial charge in [-0.25, -0.2) is 9.78 Å². The summed E-state index contributed by atoms with van der Waals surface area (Å²) in [5, 5.41) is 4.38. The lowest BCUT2D eigenvalue weighted by molar-refractivity contribution is 0.0601. The largest absolute Gasteiger partial charge is 0.465 e. The molecule has 3 heterocycles. The Morgan fingerprint density at radius 2 is 1.94 bits per heavy atom. The number of pyridine rings is 1. The molecule has 34 heavy (non-hydrogen) atoms. The van der Waals surface area contributed by atoms with Crippen LogP contribution in [0.2, 0.25) is 0 Å². The van der Waals surface area contributed by atoms with Crippen molar-refractivity contribution in [2.45, 2.75) is 65.7 Å². The molecule has 5 rings (SSSR count). The fourth-order valence-electron chi connectivity index (χ4n) is 5.23. The third-order valence-corrected chi connectivity index (χ3v) is 9.63. The number of rotatable bonds is 3. The van der Waals surface area contributed by atoms with E-state index in [4.69, 9.17) is 15.5 Å².